The first-order chi connectivity index (χ1) is 18.5. The Labute approximate surface area is 223 Å². The van der Waals surface area contributed by atoms with Gasteiger partial charge in [-0.3, -0.25) is 4.79 Å². The number of furan rings is 1. The Morgan fingerprint density at radius 1 is 1.08 bits per heavy atom. The number of rotatable bonds is 8. The van der Waals surface area contributed by atoms with E-state index in [1.54, 1.807) is 12.1 Å². The van der Waals surface area contributed by atoms with E-state index in [1.165, 1.54) is 37.4 Å². The zero-order valence-electron chi connectivity index (χ0n) is 21.0. The first-order valence-corrected chi connectivity index (χ1v) is 14.1. The summed E-state index contributed by atoms with van der Waals surface area (Å²) in [6, 6.07) is 12.3. The Balaban J connectivity index is 1.69. The highest BCUT2D eigenvalue weighted by molar-refractivity contribution is 7.91. The second-order valence-corrected chi connectivity index (χ2v) is 11.7. The van der Waals surface area contributed by atoms with Crippen LogP contribution in [0, 0.1) is 11.6 Å². The maximum absolute atomic E-state index is 14.4. The summed E-state index contributed by atoms with van der Waals surface area (Å²) in [6.07, 6.45) is 2.70. The van der Waals surface area contributed by atoms with Crippen molar-refractivity contribution in [2.24, 2.45) is 0 Å². The van der Waals surface area contributed by atoms with Crippen molar-refractivity contribution in [3.63, 3.8) is 0 Å². The van der Waals surface area contributed by atoms with Crippen LogP contribution in [-0.2, 0) is 9.84 Å². The molecule has 202 valence electrons. The molecule has 4 aromatic rings. The number of hydrogen-bond acceptors (Lipinski definition) is 7. The highest BCUT2D eigenvalue weighted by atomic mass is 32.2. The molecule has 39 heavy (non-hydrogen) atoms. The molecule has 1 fully saturated rings. The summed E-state index contributed by atoms with van der Waals surface area (Å²) in [7, 11) is -4.36. The van der Waals surface area contributed by atoms with Crippen molar-refractivity contribution in [2.75, 3.05) is 18.6 Å². The minimum atomic E-state index is -3.83. The average Bonchev–Trinajstić information content (AvgIpc) is 3.66. The van der Waals surface area contributed by atoms with Gasteiger partial charge in [0.2, 0.25) is 0 Å². The third kappa shape index (κ3) is 5.27. The fourth-order valence-electron chi connectivity index (χ4n) is 4.70. The van der Waals surface area contributed by atoms with E-state index in [2.05, 4.69) is 10.6 Å². The van der Waals surface area contributed by atoms with E-state index in [0.29, 0.717) is 22.1 Å². The molecule has 1 aliphatic carbocycles. The van der Waals surface area contributed by atoms with Crippen LogP contribution < -0.4 is 16.1 Å². The molecule has 1 heterocycles. The average molecular weight is 554 g/mol. The van der Waals surface area contributed by atoms with Gasteiger partial charge in [0.05, 0.1) is 5.56 Å². The van der Waals surface area contributed by atoms with Crippen LogP contribution in [-0.4, -0.2) is 44.8 Å². The van der Waals surface area contributed by atoms with E-state index in [4.69, 9.17) is 4.42 Å². The minimum Gasteiger partial charge on any atom is -0.455 e. The van der Waals surface area contributed by atoms with E-state index >= 15 is 0 Å². The summed E-state index contributed by atoms with van der Waals surface area (Å²) >= 11 is 0. The van der Waals surface area contributed by atoms with Crippen LogP contribution in [0.5, 0.6) is 0 Å². The van der Waals surface area contributed by atoms with Crippen LogP contribution >= 0.6 is 0 Å². The van der Waals surface area contributed by atoms with Crippen molar-refractivity contribution in [3.05, 3.63) is 82.9 Å². The summed E-state index contributed by atoms with van der Waals surface area (Å²) in [5.41, 5.74) is 1.85. The summed E-state index contributed by atoms with van der Waals surface area (Å²) < 4.78 is 60.2. The lowest BCUT2D eigenvalue weighted by molar-refractivity contribution is 0.0964. The predicted molar refractivity (Wildman–Crippen MR) is 144 cm³/mol. The number of sulfone groups is 1. The second kappa shape index (κ2) is 10.1. The number of halogens is 2. The van der Waals surface area contributed by atoms with Crippen molar-refractivity contribution in [2.45, 2.75) is 24.1 Å². The van der Waals surface area contributed by atoms with Gasteiger partial charge in [0.15, 0.2) is 15.2 Å². The molecule has 3 aromatic carbocycles. The van der Waals surface area contributed by atoms with Crippen molar-refractivity contribution < 1.29 is 36.5 Å². The van der Waals surface area contributed by atoms with Gasteiger partial charge >= 0.3 is 7.12 Å². The van der Waals surface area contributed by atoms with Crippen LogP contribution in [0.25, 0.3) is 22.3 Å². The van der Waals surface area contributed by atoms with Gasteiger partial charge in [0.1, 0.15) is 23.0 Å². The molecule has 0 radical (unpaired) electrons. The third-order valence-electron chi connectivity index (χ3n) is 6.76. The fraction of sp³-hybridized carbons (Fsp3) is 0.222. The largest absolute Gasteiger partial charge is 0.491 e. The lowest BCUT2D eigenvalue weighted by Gasteiger charge is -2.22. The standard InChI is InChI=1S/C27H25BF2N2O6S/c1-31-26(33)24-20-12-18(14-3-4-14)19(13-23(20)38-25(24)15-5-7-16(29)8-6-15)27(39(2,36)37)32-17-9-10-21(28(34)35)22(30)11-17/h5-14,27,32,34-35H,3-4H2,1-2H3,(H,31,33). The Bertz CT molecular complexity index is 1680. The Morgan fingerprint density at radius 2 is 1.77 bits per heavy atom. The van der Waals surface area contributed by atoms with E-state index in [9.17, 15) is 32.0 Å². The maximum Gasteiger partial charge on any atom is 0.491 e. The molecule has 0 aliphatic heterocycles. The monoisotopic (exact) mass is 554 g/mol. The van der Waals surface area contributed by atoms with Crippen LogP contribution in [0.3, 0.4) is 0 Å². The first-order valence-electron chi connectivity index (χ1n) is 12.2. The van der Waals surface area contributed by atoms with Crippen molar-refractivity contribution in [1.82, 2.24) is 5.32 Å². The summed E-state index contributed by atoms with van der Waals surface area (Å²) in [6.45, 7) is 0. The number of hydrogen-bond donors (Lipinski definition) is 4. The topological polar surface area (TPSA) is 129 Å². The molecule has 1 atom stereocenters. The molecule has 1 aromatic heterocycles. The molecule has 1 unspecified atom stereocenters. The van der Waals surface area contributed by atoms with Crippen molar-refractivity contribution in [3.8, 4) is 11.3 Å². The molecule has 8 nitrogen and oxygen atoms in total. The number of carbonyl (C=O) groups is 1. The van der Waals surface area contributed by atoms with E-state index in [1.807, 2.05) is 0 Å². The zero-order chi connectivity index (χ0) is 28.1. The van der Waals surface area contributed by atoms with Crippen LogP contribution in [0.15, 0.2) is 59.0 Å². The third-order valence-corrected chi connectivity index (χ3v) is 7.99. The number of amides is 1. The Hall–Kier alpha value is -3.74. The van der Waals surface area contributed by atoms with Gasteiger partial charge in [-0.2, -0.15) is 0 Å². The molecule has 12 heteroatoms. The van der Waals surface area contributed by atoms with Crippen LogP contribution in [0.1, 0.15) is 45.6 Å². The van der Waals surface area contributed by atoms with Crippen molar-refractivity contribution in [1.29, 1.82) is 0 Å². The lowest BCUT2D eigenvalue weighted by Crippen LogP contribution is -2.32. The summed E-state index contributed by atoms with van der Waals surface area (Å²) in [5, 5.41) is 23.3. The SMILES string of the molecule is CNC(=O)c1c(-c2ccc(F)cc2)oc2cc(C(Nc3ccc(B(O)O)c(F)c3)S(C)(=O)=O)c(C3CC3)cc12. The molecular formula is C27H25BF2N2O6S. The maximum atomic E-state index is 14.4. The molecule has 0 bridgehead atoms. The molecule has 5 rings (SSSR count). The normalized spacial score (nSPS) is 14.3. The van der Waals surface area contributed by atoms with Gasteiger partial charge in [0, 0.05) is 35.4 Å². The fourth-order valence-corrected chi connectivity index (χ4v) is 5.71. The van der Waals surface area contributed by atoms with Crippen molar-refractivity contribution >= 4 is 45.0 Å². The second-order valence-electron chi connectivity index (χ2n) is 9.61. The van der Waals surface area contributed by atoms with Gasteiger partial charge in [-0.05, 0) is 78.4 Å². The number of fused-ring (bicyclic) bond motifs is 1. The molecule has 0 spiro atoms. The highest BCUT2D eigenvalue weighted by Gasteiger charge is 2.35. The van der Waals surface area contributed by atoms with Crippen LogP contribution in [0.2, 0.25) is 0 Å². The number of anilines is 1. The summed E-state index contributed by atoms with van der Waals surface area (Å²) in [4.78, 5) is 12.9. The molecule has 1 saturated carbocycles. The Morgan fingerprint density at radius 3 is 2.33 bits per heavy atom. The smallest absolute Gasteiger partial charge is 0.455 e. The van der Waals surface area contributed by atoms with E-state index in [-0.39, 0.29) is 34.0 Å². The van der Waals surface area contributed by atoms with Gasteiger partial charge < -0.3 is 25.1 Å². The first kappa shape index (κ1) is 26.9. The molecular weight excluding hydrogens is 529 g/mol. The van der Waals surface area contributed by atoms with Gasteiger partial charge in [0.25, 0.3) is 5.91 Å². The van der Waals surface area contributed by atoms with E-state index in [0.717, 1.165) is 31.2 Å². The van der Waals surface area contributed by atoms with Crippen LogP contribution in [0.4, 0.5) is 14.5 Å². The molecule has 1 aliphatic rings. The zero-order valence-corrected chi connectivity index (χ0v) is 21.9. The van der Waals surface area contributed by atoms with Gasteiger partial charge in [-0.1, -0.05) is 6.07 Å². The minimum absolute atomic E-state index is 0.0563. The predicted octanol–water partition coefficient (Wildman–Crippen LogP) is 3.45. The molecule has 0 saturated heterocycles. The van der Waals surface area contributed by atoms with E-state index < -0.39 is 39.9 Å². The van der Waals surface area contributed by atoms with Gasteiger partial charge in [-0.15, -0.1) is 0 Å². The number of nitrogens with one attached hydrogen (secondary N) is 2. The Kier molecular flexibility index (Phi) is 6.96. The molecule has 4 N–H and O–H groups in total. The molecule has 1 amide bonds. The summed E-state index contributed by atoms with van der Waals surface area (Å²) in [5.74, 6) is -1.50. The number of benzene rings is 3. The van der Waals surface area contributed by atoms with Gasteiger partial charge in [-0.25, -0.2) is 17.2 Å². The quantitative estimate of drug-likeness (QED) is 0.246. The lowest BCUT2D eigenvalue weighted by atomic mass is 9.80. The number of carbonyl (C=O) groups excluding carboxylic acids is 1. The highest BCUT2D eigenvalue weighted by Crippen LogP contribution is 2.47.